The van der Waals surface area contributed by atoms with Crippen LogP contribution >= 0.6 is 15.9 Å². The van der Waals surface area contributed by atoms with E-state index in [0.717, 1.165) is 23.0 Å². The number of hydrogen-bond donors (Lipinski definition) is 2. The number of unbranched alkanes of at least 4 members (excludes halogenated alkanes) is 1. The van der Waals surface area contributed by atoms with Gasteiger partial charge in [0.05, 0.1) is 5.56 Å². The molecule has 0 bridgehead atoms. The van der Waals surface area contributed by atoms with Gasteiger partial charge in [-0.1, -0.05) is 41.4 Å². The summed E-state index contributed by atoms with van der Waals surface area (Å²) in [6, 6.07) is 12.6. The van der Waals surface area contributed by atoms with Gasteiger partial charge >= 0.3 is 0 Å². The van der Waals surface area contributed by atoms with Gasteiger partial charge in [-0.05, 0) is 48.7 Å². The van der Waals surface area contributed by atoms with Gasteiger partial charge in [0, 0.05) is 10.2 Å². The summed E-state index contributed by atoms with van der Waals surface area (Å²) in [6.45, 7) is 2.17. The Morgan fingerprint density at radius 1 is 1.19 bits per heavy atom. The molecule has 0 aliphatic carbocycles. The number of carbonyl (C=O) groups is 1. The smallest absolute Gasteiger partial charge is 0.259 e. The molecule has 110 valence electrons. The molecular formula is C17H18BrNO2. The minimum Gasteiger partial charge on any atom is -0.507 e. The van der Waals surface area contributed by atoms with Crippen LogP contribution in [0.5, 0.6) is 5.75 Å². The number of anilines is 1. The first-order valence-corrected chi connectivity index (χ1v) is 7.78. The Labute approximate surface area is 133 Å². The number of phenols is 1. The maximum Gasteiger partial charge on any atom is 0.259 e. The fourth-order valence-electron chi connectivity index (χ4n) is 2.02. The van der Waals surface area contributed by atoms with Crippen LogP contribution in [0.2, 0.25) is 0 Å². The van der Waals surface area contributed by atoms with Gasteiger partial charge in [0.15, 0.2) is 0 Å². The Balaban J connectivity index is 2.07. The second-order valence-corrected chi connectivity index (χ2v) is 5.83. The Kier molecular flexibility index (Phi) is 5.39. The Bertz CT molecular complexity index is 623. The third kappa shape index (κ3) is 4.33. The van der Waals surface area contributed by atoms with E-state index in [1.54, 1.807) is 12.1 Å². The van der Waals surface area contributed by atoms with Crippen LogP contribution in [-0.4, -0.2) is 11.0 Å². The minimum absolute atomic E-state index is 0.0322. The molecule has 2 rings (SSSR count). The van der Waals surface area contributed by atoms with E-state index in [-0.39, 0.29) is 17.2 Å². The van der Waals surface area contributed by atoms with Gasteiger partial charge < -0.3 is 10.4 Å². The first-order chi connectivity index (χ1) is 10.1. The molecule has 21 heavy (non-hydrogen) atoms. The molecule has 2 aromatic carbocycles. The largest absolute Gasteiger partial charge is 0.507 e. The van der Waals surface area contributed by atoms with Gasteiger partial charge in [0.25, 0.3) is 5.91 Å². The van der Waals surface area contributed by atoms with Gasteiger partial charge in [0.2, 0.25) is 0 Å². The molecule has 1 amide bonds. The topological polar surface area (TPSA) is 49.3 Å². The molecule has 0 aromatic heterocycles. The summed E-state index contributed by atoms with van der Waals surface area (Å²) >= 11 is 3.29. The van der Waals surface area contributed by atoms with Crippen LogP contribution in [0.15, 0.2) is 46.9 Å². The van der Waals surface area contributed by atoms with Gasteiger partial charge in [-0.2, -0.15) is 0 Å². The number of hydrogen-bond acceptors (Lipinski definition) is 2. The van der Waals surface area contributed by atoms with Crippen molar-refractivity contribution in [3.63, 3.8) is 0 Å². The monoisotopic (exact) mass is 347 g/mol. The fourth-order valence-corrected chi connectivity index (χ4v) is 2.39. The van der Waals surface area contributed by atoms with Gasteiger partial charge in [-0.3, -0.25) is 4.79 Å². The van der Waals surface area contributed by atoms with E-state index < -0.39 is 0 Å². The van der Waals surface area contributed by atoms with Crippen molar-refractivity contribution in [3.8, 4) is 5.75 Å². The second kappa shape index (κ2) is 7.27. The zero-order chi connectivity index (χ0) is 15.2. The first kappa shape index (κ1) is 15.6. The first-order valence-electron chi connectivity index (χ1n) is 6.99. The summed E-state index contributed by atoms with van der Waals surface area (Å²) in [5.74, 6) is -0.356. The number of benzene rings is 2. The summed E-state index contributed by atoms with van der Waals surface area (Å²) in [6.07, 6.45) is 3.38. The van der Waals surface area contributed by atoms with E-state index in [2.05, 4.69) is 28.2 Å². The summed E-state index contributed by atoms with van der Waals surface area (Å²) in [5, 5.41) is 12.5. The molecule has 0 saturated heterocycles. The molecular weight excluding hydrogens is 330 g/mol. The van der Waals surface area contributed by atoms with Crippen LogP contribution in [0.1, 0.15) is 35.7 Å². The number of phenolic OH excluding ortho intramolecular Hbond substituents is 1. The lowest BCUT2D eigenvalue weighted by Crippen LogP contribution is -2.12. The van der Waals surface area contributed by atoms with Crippen LogP contribution < -0.4 is 5.32 Å². The Hall–Kier alpha value is -1.81. The predicted molar refractivity (Wildman–Crippen MR) is 88.8 cm³/mol. The van der Waals surface area contributed by atoms with Crippen molar-refractivity contribution < 1.29 is 9.90 Å². The van der Waals surface area contributed by atoms with Crippen LogP contribution in [0.3, 0.4) is 0 Å². The van der Waals surface area contributed by atoms with Gasteiger partial charge in [-0.15, -0.1) is 0 Å². The Morgan fingerprint density at radius 2 is 1.90 bits per heavy atom. The molecule has 4 heteroatoms. The lowest BCUT2D eigenvalue weighted by molar-refractivity contribution is 0.102. The van der Waals surface area contributed by atoms with Crippen molar-refractivity contribution in [1.29, 1.82) is 0 Å². The molecule has 2 aromatic rings. The van der Waals surface area contributed by atoms with Crippen molar-refractivity contribution in [2.75, 3.05) is 5.32 Å². The molecule has 0 aliphatic heterocycles. The van der Waals surface area contributed by atoms with E-state index in [9.17, 15) is 9.90 Å². The number of nitrogens with one attached hydrogen (secondary N) is 1. The number of amides is 1. The zero-order valence-electron chi connectivity index (χ0n) is 11.9. The quantitative estimate of drug-likeness (QED) is 0.819. The van der Waals surface area contributed by atoms with Crippen molar-refractivity contribution >= 4 is 27.5 Å². The Morgan fingerprint density at radius 3 is 2.57 bits per heavy atom. The van der Waals surface area contributed by atoms with Crippen LogP contribution in [-0.2, 0) is 6.42 Å². The SMILES string of the molecule is CCCCc1ccc(NC(=O)c2cc(Br)ccc2O)cc1. The number of rotatable bonds is 5. The standard InChI is InChI=1S/C17H18BrNO2/c1-2-3-4-12-5-8-14(9-6-12)19-17(21)15-11-13(18)7-10-16(15)20/h5-11,20H,2-4H2,1H3,(H,19,21). The number of aromatic hydroxyl groups is 1. The van der Waals surface area contributed by atoms with Crippen LogP contribution in [0.4, 0.5) is 5.69 Å². The molecule has 0 spiro atoms. The highest BCUT2D eigenvalue weighted by atomic mass is 79.9. The van der Waals surface area contributed by atoms with Crippen molar-refractivity contribution in [2.45, 2.75) is 26.2 Å². The van der Waals surface area contributed by atoms with Crippen molar-refractivity contribution in [3.05, 3.63) is 58.1 Å². The highest BCUT2D eigenvalue weighted by molar-refractivity contribution is 9.10. The van der Waals surface area contributed by atoms with Crippen molar-refractivity contribution in [2.24, 2.45) is 0 Å². The lowest BCUT2D eigenvalue weighted by Gasteiger charge is -2.08. The minimum atomic E-state index is -0.324. The van der Waals surface area contributed by atoms with Crippen LogP contribution in [0.25, 0.3) is 0 Å². The fraction of sp³-hybridized carbons (Fsp3) is 0.235. The number of aryl methyl sites for hydroxylation is 1. The summed E-state index contributed by atoms with van der Waals surface area (Å²) < 4.78 is 0.750. The predicted octanol–water partition coefficient (Wildman–Crippen LogP) is 4.75. The lowest BCUT2D eigenvalue weighted by atomic mass is 10.1. The third-order valence-corrected chi connectivity index (χ3v) is 3.73. The molecule has 2 N–H and O–H groups in total. The summed E-state index contributed by atoms with van der Waals surface area (Å²) in [5.41, 5.74) is 2.24. The molecule has 3 nitrogen and oxygen atoms in total. The molecule has 0 aliphatic rings. The maximum absolute atomic E-state index is 12.2. The van der Waals surface area contributed by atoms with Gasteiger partial charge in [-0.25, -0.2) is 0 Å². The third-order valence-electron chi connectivity index (χ3n) is 3.23. The molecule has 0 radical (unpaired) electrons. The highest BCUT2D eigenvalue weighted by Crippen LogP contribution is 2.23. The van der Waals surface area contributed by atoms with E-state index >= 15 is 0 Å². The maximum atomic E-state index is 12.2. The average molecular weight is 348 g/mol. The second-order valence-electron chi connectivity index (χ2n) is 4.92. The summed E-state index contributed by atoms with van der Waals surface area (Å²) in [7, 11) is 0. The van der Waals surface area contributed by atoms with Gasteiger partial charge in [0.1, 0.15) is 5.75 Å². The molecule has 0 unspecified atom stereocenters. The molecule has 0 heterocycles. The van der Waals surface area contributed by atoms with Crippen LogP contribution in [0, 0.1) is 0 Å². The van der Waals surface area contributed by atoms with E-state index in [1.807, 2.05) is 24.3 Å². The zero-order valence-corrected chi connectivity index (χ0v) is 13.5. The molecule has 0 atom stereocenters. The molecule has 0 fully saturated rings. The van der Waals surface area contributed by atoms with Crippen molar-refractivity contribution in [1.82, 2.24) is 0 Å². The average Bonchev–Trinajstić information content (AvgIpc) is 2.49. The summed E-state index contributed by atoms with van der Waals surface area (Å²) in [4.78, 5) is 12.2. The van der Waals surface area contributed by atoms with E-state index in [1.165, 1.54) is 18.1 Å². The number of carbonyl (C=O) groups excluding carboxylic acids is 1. The number of halogens is 1. The van der Waals surface area contributed by atoms with E-state index in [4.69, 9.17) is 0 Å². The normalized spacial score (nSPS) is 10.4. The molecule has 0 saturated carbocycles. The van der Waals surface area contributed by atoms with E-state index in [0.29, 0.717) is 0 Å². The highest BCUT2D eigenvalue weighted by Gasteiger charge is 2.11.